The van der Waals surface area contributed by atoms with Crippen molar-refractivity contribution < 1.29 is 19.4 Å². The van der Waals surface area contributed by atoms with Gasteiger partial charge in [-0.2, -0.15) is 5.10 Å². The zero-order valence-corrected chi connectivity index (χ0v) is 12.2. The van der Waals surface area contributed by atoms with Gasteiger partial charge in [0.05, 0.1) is 37.4 Å². The first kappa shape index (κ1) is 14.3. The zero-order chi connectivity index (χ0) is 15.0. The Morgan fingerprint density at radius 2 is 2.14 bits per heavy atom. The van der Waals surface area contributed by atoms with Crippen LogP contribution in [0.3, 0.4) is 0 Å². The predicted octanol–water partition coefficient (Wildman–Crippen LogP) is 1.14. The van der Waals surface area contributed by atoms with Gasteiger partial charge in [-0.05, 0) is 31.6 Å². The monoisotopic (exact) mass is 295 g/mol. The van der Waals surface area contributed by atoms with Crippen LogP contribution >= 0.6 is 0 Å². The van der Waals surface area contributed by atoms with Crippen molar-refractivity contribution in [1.82, 2.24) is 9.91 Å². The highest BCUT2D eigenvalue weighted by Gasteiger charge is 2.39. The number of amides is 2. The normalized spacial score (nSPS) is 31.5. The lowest BCUT2D eigenvalue weighted by Gasteiger charge is -2.43. The third kappa shape index (κ3) is 3.02. The molecular formula is C14H21N3O4. The van der Waals surface area contributed by atoms with E-state index in [-0.39, 0.29) is 25.0 Å². The fourth-order valence-electron chi connectivity index (χ4n) is 3.42. The number of rotatable bonds is 4. The average molecular weight is 295 g/mol. The summed E-state index contributed by atoms with van der Waals surface area (Å²) in [5, 5.41) is 14.6. The van der Waals surface area contributed by atoms with E-state index in [0.29, 0.717) is 24.3 Å². The fraction of sp³-hybridized carbons (Fsp3) is 0.786. The van der Waals surface area contributed by atoms with Crippen LogP contribution in [0.25, 0.3) is 0 Å². The molecule has 4 aliphatic rings. The van der Waals surface area contributed by atoms with E-state index in [1.165, 1.54) is 24.9 Å². The number of ether oxygens (including phenoxy) is 1. The van der Waals surface area contributed by atoms with Gasteiger partial charge in [0.1, 0.15) is 0 Å². The van der Waals surface area contributed by atoms with Crippen LogP contribution < -0.4 is 0 Å². The summed E-state index contributed by atoms with van der Waals surface area (Å²) in [5.74, 6) is 0.470. The Morgan fingerprint density at radius 1 is 1.43 bits per heavy atom. The molecule has 3 aliphatic heterocycles. The van der Waals surface area contributed by atoms with Gasteiger partial charge in [-0.1, -0.05) is 0 Å². The maximum atomic E-state index is 12.0. The van der Waals surface area contributed by atoms with Gasteiger partial charge in [0.2, 0.25) is 5.91 Å². The van der Waals surface area contributed by atoms with E-state index >= 15 is 0 Å². The van der Waals surface area contributed by atoms with Crippen molar-refractivity contribution in [2.45, 2.75) is 44.3 Å². The van der Waals surface area contributed by atoms with Crippen molar-refractivity contribution in [3.05, 3.63) is 0 Å². The summed E-state index contributed by atoms with van der Waals surface area (Å²) in [6, 6.07) is 0. The van der Waals surface area contributed by atoms with Crippen LogP contribution in [-0.4, -0.2) is 65.1 Å². The van der Waals surface area contributed by atoms with Gasteiger partial charge in [-0.15, -0.1) is 0 Å². The van der Waals surface area contributed by atoms with Gasteiger partial charge in [0, 0.05) is 7.05 Å². The molecule has 2 bridgehead atoms. The van der Waals surface area contributed by atoms with Crippen LogP contribution in [0.4, 0.5) is 4.79 Å². The largest absolute Gasteiger partial charge is 0.465 e. The van der Waals surface area contributed by atoms with E-state index < -0.39 is 6.09 Å². The molecule has 1 unspecified atom stereocenters. The standard InChI is InChI=1S/C14H21N3O4/c1-16(14(19)20)7-10-6-13(18)17(15-10)8-12-9-2-4-11(21-12)5-3-9/h9,11-12H,2-8H2,1H3,(H,19,20). The second-order valence-corrected chi connectivity index (χ2v) is 6.17. The highest BCUT2D eigenvalue weighted by molar-refractivity contribution is 6.06. The molecule has 0 radical (unpaired) electrons. The number of nitrogens with zero attached hydrogens (tertiary/aromatic N) is 3. The molecule has 1 aliphatic carbocycles. The molecule has 3 fully saturated rings. The summed E-state index contributed by atoms with van der Waals surface area (Å²) < 4.78 is 5.98. The Kier molecular flexibility index (Phi) is 3.84. The van der Waals surface area contributed by atoms with Gasteiger partial charge in [0.25, 0.3) is 0 Å². The van der Waals surface area contributed by atoms with Crippen LogP contribution in [0.2, 0.25) is 0 Å². The number of hydrogen-bond donors (Lipinski definition) is 1. The molecule has 1 saturated carbocycles. The van der Waals surface area contributed by atoms with E-state index in [2.05, 4.69) is 5.10 Å². The van der Waals surface area contributed by atoms with E-state index in [9.17, 15) is 9.59 Å². The van der Waals surface area contributed by atoms with Crippen molar-refractivity contribution in [2.75, 3.05) is 20.1 Å². The van der Waals surface area contributed by atoms with Gasteiger partial charge in [-0.25, -0.2) is 9.80 Å². The highest BCUT2D eigenvalue weighted by atomic mass is 16.5. The number of hydrazone groups is 1. The summed E-state index contributed by atoms with van der Waals surface area (Å²) >= 11 is 0. The van der Waals surface area contributed by atoms with Gasteiger partial charge in [0.15, 0.2) is 0 Å². The van der Waals surface area contributed by atoms with Crippen LogP contribution in [0, 0.1) is 5.92 Å². The van der Waals surface area contributed by atoms with Crippen molar-refractivity contribution in [1.29, 1.82) is 0 Å². The van der Waals surface area contributed by atoms with Crippen LogP contribution in [0.5, 0.6) is 0 Å². The third-order valence-electron chi connectivity index (χ3n) is 4.62. The Morgan fingerprint density at radius 3 is 2.71 bits per heavy atom. The molecular weight excluding hydrogens is 274 g/mol. The van der Waals surface area contributed by atoms with Crippen LogP contribution in [0.15, 0.2) is 5.10 Å². The van der Waals surface area contributed by atoms with Crippen molar-refractivity contribution >= 4 is 17.7 Å². The lowest BCUT2D eigenvalue weighted by atomic mass is 9.80. The Labute approximate surface area is 123 Å². The minimum absolute atomic E-state index is 0.0613. The molecule has 1 N–H and O–H groups in total. The number of carbonyl (C=O) groups is 2. The minimum atomic E-state index is -1.02. The molecule has 0 aromatic rings. The topological polar surface area (TPSA) is 82.4 Å². The number of carbonyl (C=O) groups excluding carboxylic acids is 1. The molecule has 1 atom stereocenters. The van der Waals surface area contributed by atoms with E-state index in [1.54, 1.807) is 0 Å². The molecule has 0 spiro atoms. The third-order valence-corrected chi connectivity index (χ3v) is 4.62. The fourth-order valence-corrected chi connectivity index (χ4v) is 3.42. The second kappa shape index (κ2) is 5.63. The van der Waals surface area contributed by atoms with Crippen LogP contribution in [-0.2, 0) is 9.53 Å². The quantitative estimate of drug-likeness (QED) is 0.843. The molecule has 3 heterocycles. The van der Waals surface area contributed by atoms with E-state index in [4.69, 9.17) is 9.84 Å². The maximum absolute atomic E-state index is 12.0. The summed E-state index contributed by atoms with van der Waals surface area (Å²) in [7, 11) is 1.47. The molecule has 21 heavy (non-hydrogen) atoms. The Hall–Kier alpha value is -1.63. The highest BCUT2D eigenvalue weighted by Crippen LogP contribution is 2.37. The molecule has 2 saturated heterocycles. The molecule has 0 aromatic carbocycles. The molecule has 0 aromatic heterocycles. The average Bonchev–Trinajstić information content (AvgIpc) is 2.80. The van der Waals surface area contributed by atoms with Gasteiger partial charge < -0.3 is 14.7 Å². The Bertz CT molecular complexity index is 471. The minimum Gasteiger partial charge on any atom is -0.465 e. The Balaban J connectivity index is 1.59. The van der Waals surface area contributed by atoms with E-state index in [1.807, 2.05) is 0 Å². The lowest BCUT2D eigenvalue weighted by Crippen LogP contribution is -2.46. The first-order chi connectivity index (χ1) is 10.0. The second-order valence-electron chi connectivity index (χ2n) is 6.17. The lowest BCUT2D eigenvalue weighted by molar-refractivity contribution is -0.146. The molecule has 4 rings (SSSR count). The van der Waals surface area contributed by atoms with Gasteiger partial charge >= 0.3 is 6.09 Å². The SMILES string of the molecule is CN(CC1=NN(CC2OC3CCC2CC3)C(=O)C1)C(=O)O. The predicted molar refractivity (Wildman–Crippen MR) is 75.0 cm³/mol. The van der Waals surface area contributed by atoms with Crippen LogP contribution in [0.1, 0.15) is 32.1 Å². The molecule has 116 valence electrons. The summed E-state index contributed by atoms with van der Waals surface area (Å²) in [6.07, 6.45) is 4.24. The number of fused-ring (bicyclic) bond motifs is 3. The van der Waals surface area contributed by atoms with Crippen molar-refractivity contribution in [2.24, 2.45) is 11.0 Å². The van der Waals surface area contributed by atoms with E-state index in [0.717, 1.165) is 17.7 Å². The molecule has 7 nitrogen and oxygen atoms in total. The maximum Gasteiger partial charge on any atom is 0.407 e. The first-order valence-corrected chi connectivity index (χ1v) is 7.49. The summed E-state index contributed by atoms with van der Waals surface area (Å²) in [6.45, 7) is 0.676. The van der Waals surface area contributed by atoms with Gasteiger partial charge in [-0.3, -0.25) is 4.79 Å². The first-order valence-electron chi connectivity index (χ1n) is 7.49. The zero-order valence-electron chi connectivity index (χ0n) is 12.2. The van der Waals surface area contributed by atoms with Crippen molar-refractivity contribution in [3.63, 3.8) is 0 Å². The number of hydrogen-bond acceptors (Lipinski definition) is 4. The summed E-state index contributed by atoms with van der Waals surface area (Å²) in [4.78, 5) is 23.9. The smallest absolute Gasteiger partial charge is 0.407 e. The molecule has 7 heteroatoms. The molecule has 2 amide bonds. The number of carboxylic acid groups (broad SMARTS) is 1. The van der Waals surface area contributed by atoms with Crippen molar-refractivity contribution in [3.8, 4) is 0 Å². The summed E-state index contributed by atoms with van der Waals surface area (Å²) in [5.41, 5.74) is 0.603.